The van der Waals surface area contributed by atoms with Crippen LogP contribution in [0.5, 0.6) is 0 Å². The van der Waals surface area contributed by atoms with Crippen molar-refractivity contribution in [3.63, 3.8) is 0 Å². The van der Waals surface area contributed by atoms with E-state index in [1.807, 2.05) is 11.0 Å². The van der Waals surface area contributed by atoms with Crippen LogP contribution < -0.4 is 5.32 Å². The van der Waals surface area contributed by atoms with Gasteiger partial charge in [0.15, 0.2) is 0 Å². The highest BCUT2D eigenvalue weighted by Crippen LogP contribution is 2.27. The lowest BCUT2D eigenvalue weighted by atomic mass is 10.1. The number of aromatic nitrogens is 1. The molecule has 1 heterocycles. The van der Waals surface area contributed by atoms with Crippen molar-refractivity contribution in [1.82, 2.24) is 15.2 Å². The van der Waals surface area contributed by atoms with Crippen molar-refractivity contribution < 1.29 is 4.79 Å². The van der Waals surface area contributed by atoms with Gasteiger partial charge in [0.25, 0.3) is 0 Å². The number of fused-ring (bicyclic) bond motifs is 1. The van der Waals surface area contributed by atoms with E-state index in [4.69, 9.17) is 0 Å². The second-order valence-corrected chi connectivity index (χ2v) is 7.36. The zero-order valence-corrected chi connectivity index (χ0v) is 15.1. The van der Waals surface area contributed by atoms with Gasteiger partial charge in [-0.05, 0) is 50.2 Å². The first-order valence-corrected chi connectivity index (χ1v) is 9.17. The van der Waals surface area contributed by atoms with E-state index in [1.54, 1.807) is 0 Å². The molecular formula is C20H29N3O. The lowest BCUT2D eigenvalue weighted by molar-refractivity contribution is 0.191. The highest BCUT2D eigenvalue weighted by atomic mass is 16.2. The van der Waals surface area contributed by atoms with Crippen molar-refractivity contribution in [2.75, 3.05) is 13.1 Å². The third-order valence-electron chi connectivity index (χ3n) is 4.87. The SMILES string of the molecule is Cc1[nH]c2ccccc2c1CCNC(=O)N(CCC(C)C)C1CC1. The van der Waals surface area contributed by atoms with Crippen molar-refractivity contribution in [1.29, 1.82) is 0 Å². The van der Waals surface area contributed by atoms with Crippen LogP contribution in [-0.2, 0) is 6.42 Å². The molecule has 0 aliphatic heterocycles. The Morgan fingerprint density at radius 2 is 2.08 bits per heavy atom. The summed E-state index contributed by atoms with van der Waals surface area (Å²) in [5.74, 6) is 0.632. The number of amides is 2. The summed E-state index contributed by atoms with van der Waals surface area (Å²) in [6, 6.07) is 8.94. The number of benzene rings is 1. The first-order valence-electron chi connectivity index (χ1n) is 9.17. The molecule has 2 amide bonds. The van der Waals surface area contributed by atoms with E-state index in [0.29, 0.717) is 18.5 Å². The van der Waals surface area contributed by atoms with Crippen molar-refractivity contribution >= 4 is 16.9 Å². The van der Waals surface area contributed by atoms with Crippen LogP contribution in [0.1, 0.15) is 44.4 Å². The number of hydrogen-bond donors (Lipinski definition) is 2. The van der Waals surface area contributed by atoms with E-state index in [2.05, 4.69) is 49.3 Å². The summed E-state index contributed by atoms with van der Waals surface area (Å²) in [6.45, 7) is 8.09. The second kappa shape index (κ2) is 7.29. The average Bonchev–Trinajstić information content (AvgIpc) is 3.32. The Balaban J connectivity index is 1.56. The first kappa shape index (κ1) is 16.9. The molecule has 0 unspecified atom stereocenters. The van der Waals surface area contributed by atoms with Gasteiger partial charge in [-0.25, -0.2) is 4.79 Å². The van der Waals surface area contributed by atoms with Gasteiger partial charge in [0.05, 0.1) is 0 Å². The molecule has 4 heteroatoms. The van der Waals surface area contributed by atoms with E-state index in [0.717, 1.165) is 32.2 Å². The molecule has 130 valence electrons. The molecule has 0 spiro atoms. The Kier molecular flexibility index (Phi) is 5.12. The third-order valence-corrected chi connectivity index (χ3v) is 4.87. The number of urea groups is 1. The monoisotopic (exact) mass is 327 g/mol. The molecule has 4 nitrogen and oxygen atoms in total. The molecule has 2 N–H and O–H groups in total. The number of aromatic amines is 1. The minimum atomic E-state index is 0.107. The summed E-state index contributed by atoms with van der Waals surface area (Å²) in [6.07, 6.45) is 4.26. The van der Waals surface area contributed by atoms with Crippen LogP contribution in [-0.4, -0.2) is 35.0 Å². The molecule has 1 aliphatic carbocycles. The maximum absolute atomic E-state index is 12.5. The number of para-hydroxylation sites is 1. The van der Waals surface area contributed by atoms with Gasteiger partial charge in [-0.2, -0.15) is 0 Å². The Bertz CT molecular complexity index is 700. The van der Waals surface area contributed by atoms with Crippen LogP contribution in [0, 0.1) is 12.8 Å². The maximum atomic E-state index is 12.5. The van der Waals surface area contributed by atoms with E-state index in [-0.39, 0.29) is 6.03 Å². The molecule has 0 radical (unpaired) electrons. The molecule has 3 rings (SSSR count). The predicted molar refractivity (Wildman–Crippen MR) is 99.3 cm³/mol. The molecule has 2 aromatic rings. The zero-order valence-electron chi connectivity index (χ0n) is 15.1. The normalized spacial score (nSPS) is 14.3. The van der Waals surface area contributed by atoms with Crippen LogP contribution >= 0.6 is 0 Å². The van der Waals surface area contributed by atoms with Gasteiger partial charge in [-0.1, -0.05) is 32.0 Å². The molecular weight excluding hydrogens is 298 g/mol. The number of nitrogens with zero attached hydrogens (tertiary/aromatic N) is 1. The number of aryl methyl sites for hydroxylation is 1. The fraction of sp³-hybridized carbons (Fsp3) is 0.550. The molecule has 0 atom stereocenters. The molecule has 1 aromatic heterocycles. The van der Waals surface area contributed by atoms with E-state index >= 15 is 0 Å². The van der Waals surface area contributed by atoms with E-state index in [1.165, 1.54) is 22.2 Å². The van der Waals surface area contributed by atoms with Gasteiger partial charge in [0.2, 0.25) is 0 Å². The van der Waals surface area contributed by atoms with Gasteiger partial charge in [0.1, 0.15) is 0 Å². The average molecular weight is 327 g/mol. The quantitative estimate of drug-likeness (QED) is 0.785. The fourth-order valence-corrected chi connectivity index (χ4v) is 3.29. The highest BCUT2D eigenvalue weighted by molar-refractivity contribution is 5.84. The van der Waals surface area contributed by atoms with Gasteiger partial charge in [0, 0.05) is 35.7 Å². The summed E-state index contributed by atoms with van der Waals surface area (Å²) in [4.78, 5) is 18.0. The molecule has 1 saturated carbocycles. The number of rotatable bonds is 7. The van der Waals surface area contributed by atoms with Gasteiger partial charge in [-0.3, -0.25) is 0 Å². The topological polar surface area (TPSA) is 48.1 Å². The van der Waals surface area contributed by atoms with Crippen LogP contribution in [0.3, 0.4) is 0 Å². The van der Waals surface area contributed by atoms with Gasteiger partial charge < -0.3 is 15.2 Å². The largest absolute Gasteiger partial charge is 0.358 e. The third kappa shape index (κ3) is 3.92. The Hall–Kier alpha value is -1.97. The standard InChI is InChI=1S/C20H29N3O/c1-14(2)11-13-23(16-8-9-16)20(24)21-12-10-17-15(3)22-19-7-5-4-6-18(17)19/h4-7,14,16,22H,8-13H2,1-3H3,(H,21,24). The zero-order chi connectivity index (χ0) is 17.1. The first-order chi connectivity index (χ1) is 11.6. The number of nitrogens with one attached hydrogen (secondary N) is 2. The van der Waals surface area contributed by atoms with E-state index < -0.39 is 0 Å². The Labute approximate surface area is 144 Å². The van der Waals surface area contributed by atoms with Crippen molar-refractivity contribution in [2.45, 2.75) is 52.5 Å². The summed E-state index contributed by atoms with van der Waals surface area (Å²) < 4.78 is 0. The summed E-state index contributed by atoms with van der Waals surface area (Å²) in [5.41, 5.74) is 3.68. The van der Waals surface area contributed by atoms with Crippen molar-refractivity contribution in [3.05, 3.63) is 35.5 Å². The second-order valence-electron chi connectivity index (χ2n) is 7.36. The summed E-state index contributed by atoms with van der Waals surface area (Å²) >= 11 is 0. The minimum absolute atomic E-state index is 0.107. The molecule has 24 heavy (non-hydrogen) atoms. The number of carbonyl (C=O) groups excluding carboxylic acids is 1. The Morgan fingerprint density at radius 3 is 2.79 bits per heavy atom. The smallest absolute Gasteiger partial charge is 0.317 e. The fourth-order valence-electron chi connectivity index (χ4n) is 3.29. The number of H-pyrrole nitrogens is 1. The highest BCUT2D eigenvalue weighted by Gasteiger charge is 2.32. The maximum Gasteiger partial charge on any atom is 0.317 e. The van der Waals surface area contributed by atoms with Crippen molar-refractivity contribution in [2.24, 2.45) is 5.92 Å². The number of carbonyl (C=O) groups is 1. The Morgan fingerprint density at radius 1 is 1.33 bits per heavy atom. The number of hydrogen-bond acceptors (Lipinski definition) is 1. The summed E-state index contributed by atoms with van der Waals surface area (Å²) in [7, 11) is 0. The van der Waals surface area contributed by atoms with Crippen LogP contribution in [0.4, 0.5) is 4.79 Å². The lowest BCUT2D eigenvalue weighted by Gasteiger charge is -2.23. The molecule has 0 saturated heterocycles. The summed E-state index contributed by atoms with van der Waals surface area (Å²) in [5, 5.41) is 4.40. The predicted octanol–water partition coefficient (Wildman–Crippen LogP) is 4.24. The minimum Gasteiger partial charge on any atom is -0.358 e. The van der Waals surface area contributed by atoms with Gasteiger partial charge in [-0.15, -0.1) is 0 Å². The molecule has 1 aromatic carbocycles. The molecule has 1 aliphatic rings. The van der Waals surface area contributed by atoms with Gasteiger partial charge >= 0.3 is 6.03 Å². The van der Waals surface area contributed by atoms with E-state index in [9.17, 15) is 4.79 Å². The lowest BCUT2D eigenvalue weighted by Crippen LogP contribution is -2.42. The van der Waals surface area contributed by atoms with Crippen LogP contribution in [0.15, 0.2) is 24.3 Å². The molecule has 1 fully saturated rings. The van der Waals surface area contributed by atoms with Crippen molar-refractivity contribution in [3.8, 4) is 0 Å². The van der Waals surface area contributed by atoms with Crippen LogP contribution in [0.2, 0.25) is 0 Å². The molecule has 0 bridgehead atoms. The van der Waals surface area contributed by atoms with Crippen LogP contribution in [0.25, 0.3) is 10.9 Å².